The Kier molecular flexibility index (Phi) is 5.19. The zero-order valence-electron chi connectivity index (χ0n) is 11.4. The Morgan fingerprint density at radius 2 is 2.05 bits per heavy atom. The molecule has 1 atom stereocenters. The molecule has 0 bridgehead atoms. The molecular weight excluding hydrogens is 341 g/mol. The summed E-state index contributed by atoms with van der Waals surface area (Å²) < 4.78 is 15.0. The van der Waals surface area contributed by atoms with Crippen molar-refractivity contribution in [2.24, 2.45) is 0 Å². The highest BCUT2D eigenvalue weighted by molar-refractivity contribution is 9.10. The van der Waals surface area contributed by atoms with Gasteiger partial charge in [-0.15, -0.1) is 0 Å². The minimum absolute atomic E-state index is 0.0416. The van der Waals surface area contributed by atoms with Gasteiger partial charge in [-0.25, -0.2) is 4.39 Å². The molecule has 2 aromatic rings. The van der Waals surface area contributed by atoms with Gasteiger partial charge in [-0.3, -0.25) is 0 Å². The average Bonchev–Trinajstić information content (AvgIpc) is 2.42. The minimum Gasteiger partial charge on any atom is -0.313 e. The van der Waals surface area contributed by atoms with E-state index in [1.165, 1.54) is 11.6 Å². The molecule has 0 aromatic heterocycles. The van der Waals surface area contributed by atoms with Crippen molar-refractivity contribution < 1.29 is 4.39 Å². The van der Waals surface area contributed by atoms with Crippen LogP contribution in [0.2, 0.25) is 5.02 Å². The number of nitrogens with one attached hydrogen (secondary N) is 1. The van der Waals surface area contributed by atoms with E-state index in [4.69, 9.17) is 11.6 Å². The van der Waals surface area contributed by atoms with Crippen LogP contribution in [0, 0.1) is 12.7 Å². The highest BCUT2D eigenvalue weighted by Crippen LogP contribution is 2.29. The van der Waals surface area contributed by atoms with Crippen LogP contribution in [-0.2, 0) is 6.42 Å². The van der Waals surface area contributed by atoms with E-state index < -0.39 is 0 Å². The molecule has 0 saturated heterocycles. The zero-order chi connectivity index (χ0) is 14.7. The lowest BCUT2D eigenvalue weighted by Crippen LogP contribution is -2.20. The first-order valence-corrected chi connectivity index (χ1v) is 7.56. The van der Waals surface area contributed by atoms with Gasteiger partial charge in [0, 0.05) is 15.5 Å². The zero-order valence-corrected chi connectivity index (χ0v) is 13.7. The van der Waals surface area contributed by atoms with Crippen LogP contribution < -0.4 is 5.32 Å². The predicted molar refractivity (Wildman–Crippen MR) is 85.8 cm³/mol. The quantitative estimate of drug-likeness (QED) is 0.808. The van der Waals surface area contributed by atoms with E-state index in [1.54, 1.807) is 12.1 Å². The smallest absolute Gasteiger partial charge is 0.127 e. The van der Waals surface area contributed by atoms with Crippen molar-refractivity contribution in [3.8, 4) is 0 Å². The molecule has 2 aromatic carbocycles. The lowest BCUT2D eigenvalue weighted by molar-refractivity contribution is 0.553. The summed E-state index contributed by atoms with van der Waals surface area (Å²) in [5, 5.41) is 3.67. The second-order valence-corrected chi connectivity index (χ2v) is 5.99. The minimum atomic E-state index is -0.262. The normalized spacial score (nSPS) is 12.4. The number of likely N-dealkylation sites (N-methyl/N-ethyl adjacent to an activating group) is 1. The molecule has 0 aliphatic carbocycles. The Morgan fingerprint density at radius 3 is 2.70 bits per heavy atom. The maximum atomic E-state index is 13.9. The summed E-state index contributed by atoms with van der Waals surface area (Å²) in [6.45, 7) is 2.04. The van der Waals surface area contributed by atoms with Crippen LogP contribution in [0.25, 0.3) is 0 Å². The SMILES string of the molecule is CNC(Cc1ccc(Cl)cc1F)c1cccc(C)c1Br. The van der Waals surface area contributed by atoms with Crippen molar-refractivity contribution >= 4 is 27.5 Å². The van der Waals surface area contributed by atoms with E-state index in [0.717, 1.165) is 10.0 Å². The Balaban J connectivity index is 2.31. The standard InChI is InChI=1S/C16H16BrClFN/c1-10-4-3-5-13(16(10)17)15(20-2)8-11-6-7-12(18)9-14(11)19/h3-7,9,15,20H,8H2,1-2H3. The van der Waals surface area contributed by atoms with Crippen LogP contribution in [0.1, 0.15) is 22.7 Å². The molecule has 0 saturated carbocycles. The molecule has 0 aliphatic rings. The lowest BCUT2D eigenvalue weighted by atomic mass is 9.97. The summed E-state index contributed by atoms with van der Waals surface area (Å²) in [7, 11) is 1.88. The first-order chi connectivity index (χ1) is 9.52. The number of halogens is 3. The van der Waals surface area contributed by atoms with Crippen LogP contribution in [0.5, 0.6) is 0 Å². The van der Waals surface area contributed by atoms with E-state index in [1.807, 2.05) is 32.2 Å². The lowest BCUT2D eigenvalue weighted by Gasteiger charge is -2.19. The second kappa shape index (κ2) is 6.70. The monoisotopic (exact) mass is 355 g/mol. The van der Waals surface area contributed by atoms with Crippen LogP contribution in [0.4, 0.5) is 4.39 Å². The number of aryl methyl sites for hydroxylation is 1. The maximum Gasteiger partial charge on any atom is 0.127 e. The Bertz CT molecular complexity index is 615. The number of rotatable bonds is 4. The fourth-order valence-electron chi connectivity index (χ4n) is 2.21. The first kappa shape index (κ1) is 15.5. The van der Waals surface area contributed by atoms with Gasteiger partial charge in [0.1, 0.15) is 5.82 Å². The summed E-state index contributed by atoms with van der Waals surface area (Å²) in [5.74, 6) is -0.262. The van der Waals surface area contributed by atoms with Gasteiger partial charge in [0.25, 0.3) is 0 Å². The number of hydrogen-bond acceptors (Lipinski definition) is 1. The third-order valence-electron chi connectivity index (χ3n) is 3.38. The van der Waals surface area contributed by atoms with Crippen molar-refractivity contribution in [2.45, 2.75) is 19.4 Å². The van der Waals surface area contributed by atoms with Crippen molar-refractivity contribution in [1.82, 2.24) is 5.32 Å². The van der Waals surface area contributed by atoms with Crippen LogP contribution in [0.15, 0.2) is 40.9 Å². The van der Waals surface area contributed by atoms with Gasteiger partial charge >= 0.3 is 0 Å². The molecule has 0 amide bonds. The van der Waals surface area contributed by atoms with E-state index in [2.05, 4.69) is 21.2 Å². The maximum absolute atomic E-state index is 13.9. The Labute approximate surface area is 132 Å². The third-order valence-corrected chi connectivity index (χ3v) is 4.70. The fourth-order valence-corrected chi connectivity index (χ4v) is 2.91. The molecule has 0 aliphatic heterocycles. The summed E-state index contributed by atoms with van der Waals surface area (Å²) in [6, 6.07) is 11.0. The predicted octanol–water partition coefficient (Wildman–Crippen LogP) is 5.05. The van der Waals surface area contributed by atoms with Crippen LogP contribution in [-0.4, -0.2) is 7.05 Å². The van der Waals surface area contributed by atoms with E-state index in [-0.39, 0.29) is 11.9 Å². The van der Waals surface area contributed by atoms with Gasteiger partial charge in [0.05, 0.1) is 0 Å². The third kappa shape index (κ3) is 3.40. The molecule has 0 fully saturated rings. The molecule has 1 nitrogen and oxygen atoms in total. The van der Waals surface area contributed by atoms with Crippen LogP contribution >= 0.6 is 27.5 Å². The second-order valence-electron chi connectivity index (χ2n) is 4.76. The van der Waals surface area contributed by atoms with Crippen molar-refractivity contribution in [1.29, 1.82) is 0 Å². The first-order valence-electron chi connectivity index (χ1n) is 6.39. The number of hydrogen-bond donors (Lipinski definition) is 1. The Hall–Kier alpha value is -0.900. The van der Waals surface area contributed by atoms with E-state index >= 15 is 0 Å². The highest BCUT2D eigenvalue weighted by Gasteiger charge is 2.16. The fraction of sp³-hybridized carbons (Fsp3) is 0.250. The molecule has 20 heavy (non-hydrogen) atoms. The molecule has 1 N–H and O–H groups in total. The van der Waals surface area contributed by atoms with Gasteiger partial charge in [-0.1, -0.05) is 51.8 Å². The topological polar surface area (TPSA) is 12.0 Å². The molecule has 4 heteroatoms. The molecule has 106 valence electrons. The summed E-state index contributed by atoms with van der Waals surface area (Å²) in [4.78, 5) is 0. The molecule has 0 spiro atoms. The van der Waals surface area contributed by atoms with E-state index in [9.17, 15) is 4.39 Å². The summed E-state index contributed by atoms with van der Waals surface area (Å²) in [6.07, 6.45) is 0.571. The van der Waals surface area contributed by atoms with Crippen molar-refractivity contribution in [3.05, 3.63) is 68.4 Å². The summed E-state index contributed by atoms with van der Waals surface area (Å²) >= 11 is 9.40. The molecule has 0 heterocycles. The summed E-state index contributed by atoms with van der Waals surface area (Å²) in [5.41, 5.74) is 2.95. The number of benzene rings is 2. The van der Waals surface area contributed by atoms with Crippen molar-refractivity contribution in [2.75, 3.05) is 7.05 Å². The van der Waals surface area contributed by atoms with Gasteiger partial charge in [-0.05, 0) is 49.2 Å². The van der Waals surface area contributed by atoms with Gasteiger partial charge in [0.2, 0.25) is 0 Å². The largest absolute Gasteiger partial charge is 0.313 e. The average molecular weight is 357 g/mol. The highest BCUT2D eigenvalue weighted by atomic mass is 79.9. The van der Waals surface area contributed by atoms with Crippen molar-refractivity contribution in [3.63, 3.8) is 0 Å². The van der Waals surface area contributed by atoms with Crippen LogP contribution in [0.3, 0.4) is 0 Å². The molecule has 1 unspecified atom stereocenters. The van der Waals surface area contributed by atoms with Gasteiger partial charge in [0.15, 0.2) is 0 Å². The molecule has 2 rings (SSSR count). The van der Waals surface area contributed by atoms with Gasteiger partial charge < -0.3 is 5.32 Å². The Morgan fingerprint density at radius 1 is 1.30 bits per heavy atom. The molecular formula is C16H16BrClFN. The van der Waals surface area contributed by atoms with E-state index in [0.29, 0.717) is 17.0 Å². The molecule has 0 radical (unpaired) electrons. The van der Waals surface area contributed by atoms with Gasteiger partial charge in [-0.2, -0.15) is 0 Å².